The number of aryl methyl sites for hydroxylation is 2. The molecule has 5 nitrogen and oxygen atoms in total. The van der Waals surface area contributed by atoms with E-state index in [-0.39, 0.29) is 11.5 Å². The van der Waals surface area contributed by atoms with E-state index in [1.807, 2.05) is 66.9 Å². The van der Waals surface area contributed by atoms with Crippen LogP contribution in [0.25, 0.3) is 17.3 Å². The molecule has 2 aromatic heterocycles. The first-order chi connectivity index (χ1) is 14.0. The highest BCUT2D eigenvalue weighted by Gasteiger charge is 2.20. The smallest absolute Gasteiger partial charge is 0.205 e. The third-order valence-corrected chi connectivity index (χ3v) is 5.66. The highest BCUT2D eigenvalue weighted by molar-refractivity contribution is 7.99. The first-order valence-corrected chi connectivity index (χ1v) is 10.4. The van der Waals surface area contributed by atoms with E-state index in [0.29, 0.717) is 27.3 Å². The van der Waals surface area contributed by atoms with Gasteiger partial charge in [-0.25, -0.2) is 0 Å². The van der Waals surface area contributed by atoms with Crippen molar-refractivity contribution >= 4 is 29.1 Å². The summed E-state index contributed by atoms with van der Waals surface area (Å²) in [5, 5.41) is 9.84. The molecular weight excluding hydrogens is 406 g/mol. The highest BCUT2D eigenvalue weighted by atomic mass is 35.5. The van der Waals surface area contributed by atoms with E-state index in [2.05, 4.69) is 10.2 Å². The second-order valence-corrected chi connectivity index (χ2v) is 8.01. The first-order valence-electron chi connectivity index (χ1n) is 9.01. The molecule has 0 saturated carbocycles. The molecule has 0 bridgehead atoms. The van der Waals surface area contributed by atoms with Crippen molar-refractivity contribution in [3.8, 4) is 17.3 Å². The number of nitrogens with zero attached hydrogens (tertiary/aromatic N) is 3. The summed E-state index contributed by atoms with van der Waals surface area (Å²) in [6, 6.07) is 16.8. The number of furan rings is 1. The van der Waals surface area contributed by atoms with Gasteiger partial charge in [0.1, 0.15) is 0 Å². The summed E-state index contributed by atoms with van der Waals surface area (Å²) in [6.45, 7) is 3.98. The lowest BCUT2D eigenvalue weighted by molar-refractivity contribution is 0.102. The van der Waals surface area contributed by atoms with Gasteiger partial charge in [-0.05, 0) is 43.7 Å². The topological polar surface area (TPSA) is 60.9 Å². The minimum atomic E-state index is 0.0342. The number of ketones is 1. The maximum atomic E-state index is 12.6. The normalized spacial score (nSPS) is 11.0. The quantitative estimate of drug-likeness (QED) is 0.291. The monoisotopic (exact) mass is 423 g/mol. The van der Waals surface area contributed by atoms with Gasteiger partial charge in [0.15, 0.2) is 16.7 Å². The van der Waals surface area contributed by atoms with E-state index >= 15 is 0 Å². The number of aromatic nitrogens is 3. The van der Waals surface area contributed by atoms with Crippen LogP contribution in [0.15, 0.2) is 70.4 Å². The number of carbonyl (C=O) groups excluding carboxylic acids is 1. The number of hydrogen-bond acceptors (Lipinski definition) is 5. The maximum Gasteiger partial charge on any atom is 0.205 e. The summed E-state index contributed by atoms with van der Waals surface area (Å²) in [4.78, 5) is 12.6. The SMILES string of the molecule is Cc1ccc(C(=O)CSc2nnc(-c3ccco3)n2-c2cc(Cl)ccc2C)cc1. The summed E-state index contributed by atoms with van der Waals surface area (Å²) in [7, 11) is 0. The Kier molecular flexibility index (Phi) is 5.56. The Hall–Kier alpha value is -2.83. The second-order valence-electron chi connectivity index (χ2n) is 6.63. The molecule has 0 unspecified atom stereocenters. The molecule has 0 aliphatic carbocycles. The molecular formula is C22H18ClN3O2S. The number of Topliss-reactive ketones (excluding diaryl/α,β-unsaturated/α-hetero) is 1. The van der Waals surface area contributed by atoms with Crippen LogP contribution in [0.3, 0.4) is 0 Å². The molecule has 0 amide bonds. The van der Waals surface area contributed by atoms with Crippen molar-refractivity contribution < 1.29 is 9.21 Å². The Morgan fingerprint density at radius 2 is 1.90 bits per heavy atom. The number of halogens is 1. The highest BCUT2D eigenvalue weighted by Crippen LogP contribution is 2.31. The standard InChI is InChI=1S/C22H18ClN3O2S/c1-14-5-8-16(9-6-14)19(27)13-29-22-25-24-21(20-4-3-11-28-20)26(22)18-12-17(23)10-7-15(18)2/h3-12H,13H2,1-2H3. The van der Waals surface area contributed by atoms with Gasteiger partial charge in [0.2, 0.25) is 5.82 Å². The fourth-order valence-corrected chi connectivity index (χ4v) is 3.93. The van der Waals surface area contributed by atoms with Crippen LogP contribution >= 0.6 is 23.4 Å². The molecule has 2 aromatic carbocycles. The van der Waals surface area contributed by atoms with Crippen molar-refractivity contribution in [2.45, 2.75) is 19.0 Å². The minimum absolute atomic E-state index is 0.0342. The van der Waals surface area contributed by atoms with Gasteiger partial charge in [0.05, 0.1) is 17.7 Å². The molecule has 0 saturated heterocycles. The Morgan fingerprint density at radius 3 is 2.62 bits per heavy atom. The number of rotatable bonds is 6. The van der Waals surface area contributed by atoms with Gasteiger partial charge in [0.25, 0.3) is 0 Å². The Bertz CT molecular complexity index is 1150. The second kappa shape index (κ2) is 8.27. The van der Waals surface area contributed by atoms with E-state index in [4.69, 9.17) is 16.0 Å². The molecule has 4 rings (SSSR count). The lowest BCUT2D eigenvalue weighted by Crippen LogP contribution is -2.06. The van der Waals surface area contributed by atoms with Gasteiger partial charge in [-0.15, -0.1) is 10.2 Å². The molecule has 7 heteroatoms. The third kappa shape index (κ3) is 4.13. The van der Waals surface area contributed by atoms with Gasteiger partial charge in [0, 0.05) is 10.6 Å². The molecule has 0 atom stereocenters. The van der Waals surface area contributed by atoms with Crippen molar-refractivity contribution in [3.63, 3.8) is 0 Å². The zero-order valence-corrected chi connectivity index (χ0v) is 17.5. The van der Waals surface area contributed by atoms with E-state index < -0.39 is 0 Å². The predicted molar refractivity (Wildman–Crippen MR) is 115 cm³/mol. The number of benzene rings is 2. The number of carbonyl (C=O) groups is 1. The number of hydrogen-bond donors (Lipinski definition) is 0. The van der Waals surface area contributed by atoms with Crippen LogP contribution in [0.4, 0.5) is 0 Å². The summed E-state index contributed by atoms with van der Waals surface area (Å²) in [6.07, 6.45) is 1.59. The summed E-state index contributed by atoms with van der Waals surface area (Å²) in [5.41, 5.74) is 3.65. The van der Waals surface area contributed by atoms with Gasteiger partial charge in [-0.1, -0.05) is 59.3 Å². The maximum absolute atomic E-state index is 12.6. The number of thioether (sulfide) groups is 1. The molecule has 4 aromatic rings. The average Bonchev–Trinajstić information content (AvgIpc) is 3.38. The Morgan fingerprint density at radius 1 is 1.10 bits per heavy atom. The average molecular weight is 424 g/mol. The first kappa shape index (κ1) is 19.5. The van der Waals surface area contributed by atoms with Gasteiger partial charge < -0.3 is 4.42 Å². The molecule has 0 radical (unpaired) electrons. The zero-order valence-electron chi connectivity index (χ0n) is 15.9. The lowest BCUT2D eigenvalue weighted by Gasteiger charge is -2.12. The fourth-order valence-electron chi connectivity index (χ4n) is 2.92. The van der Waals surface area contributed by atoms with Crippen LogP contribution in [-0.2, 0) is 0 Å². The van der Waals surface area contributed by atoms with Gasteiger partial charge in [-0.3, -0.25) is 9.36 Å². The van der Waals surface area contributed by atoms with Crippen LogP contribution in [0.1, 0.15) is 21.5 Å². The Labute approximate surface area is 177 Å². The molecule has 146 valence electrons. The van der Waals surface area contributed by atoms with Crippen LogP contribution in [-0.4, -0.2) is 26.3 Å². The third-order valence-electron chi connectivity index (χ3n) is 4.49. The summed E-state index contributed by atoms with van der Waals surface area (Å²) in [5.74, 6) is 1.44. The molecule has 0 aliphatic heterocycles. The molecule has 2 heterocycles. The largest absolute Gasteiger partial charge is 0.461 e. The molecule has 0 N–H and O–H groups in total. The van der Waals surface area contributed by atoms with E-state index in [0.717, 1.165) is 16.8 Å². The van der Waals surface area contributed by atoms with Crippen molar-refractivity contribution in [2.75, 3.05) is 5.75 Å². The van der Waals surface area contributed by atoms with E-state index in [1.165, 1.54) is 11.8 Å². The molecule has 0 fully saturated rings. The van der Waals surface area contributed by atoms with Gasteiger partial charge >= 0.3 is 0 Å². The van der Waals surface area contributed by atoms with Crippen molar-refractivity contribution in [1.29, 1.82) is 0 Å². The van der Waals surface area contributed by atoms with Crippen molar-refractivity contribution in [2.24, 2.45) is 0 Å². The van der Waals surface area contributed by atoms with Crippen molar-refractivity contribution in [3.05, 3.63) is 82.6 Å². The van der Waals surface area contributed by atoms with E-state index in [1.54, 1.807) is 12.3 Å². The predicted octanol–water partition coefficient (Wildman–Crippen LogP) is 5.77. The van der Waals surface area contributed by atoms with E-state index in [9.17, 15) is 4.79 Å². The molecule has 0 spiro atoms. The van der Waals surface area contributed by atoms with Gasteiger partial charge in [-0.2, -0.15) is 0 Å². The van der Waals surface area contributed by atoms with Crippen molar-refractivity contribution in [1.82, 2.24) is 14.8 Å². The van der Waals surface area contributed by atoms with Crippen LogP contribution in [0.2, 0.25) is 5.02 Å². The lowest BCUT2D eigenvalue weighted by atomic mass is 10.1. The molecule has 0 aliphatic rings. The van der Waals surface area contributed by atoms with Crippen LogP contribution in [0.5, 0.6) is 0 Å². The Balaban J connectivity index is 1.69. The summed E-state index contributed by atoms with van der Waals surface area (Å²) < 4.78 is 7.42. The summed E-state index contributed by atoms with van der Waals surface area (Å²) >= 11 is 7.58. The fraction of sp³-hybridized carbons (Fsp3) is 0.136. The van der Waals surface area contributed by atoms with Crippen LogP contribution < -0.4 is 0 Å². The van der Waals surface area contributed by atoms with Crippen LogP contribution in [0, 0.1) is 13.8 Å². The minimum Gasteiger partial charge on any atom is -0.461 e. The zero-order chi connectivity index (χ0) is 20.4. The molecule has 29 heavy (non-hydrogen) atoms.